The average molecular weight is 390 g/mol. The zero-order valence-electron chi connectivity index (χ0n) is 10.8. The van der Waals surface area contributed by atoms with Crippen LogP contribution in [0.1, 0.15) is 44.2 Å². The minimum atomic E-state index is -0.526. The SMILES string of the molecule is CC(C)(C)c1nc(C(N)c2ncc(Br)cc2Br)no1. The number of halogens is 2. The van der Waals surface area contributed by atoms with Gasteiger partial charge in [-0.15, -0.1) is 0 Å². The molecule has 2 N–H and O–H groups in total. The lowest BCUT2D eigenvalue weighted by Gasteiger charge is -2.11. The van der Waals surface area contributed by atoms with Gasteiger partial charge in [-0.1, -0.05) is 25.9 Å². The predicted octanol–water partition coefficient (Wildman–Crippen LogP) is 3.34. The fraction of sp³-hybridized carbons (Fsp3) is 0.417. The largest absolute Gasteiger partial charge is 0.339 e. The first-order chi connectivity index (χ1) is 8.79. The van der Waals surface area contributed by atoms with Gasteiger partial charge in [0.2, 0.25) is 5.89 Å². The maximum Gasteiger partial charge on any atom is 0.232 e. The van der Waals surface area contributed by atoms with Crippen LogP contribution < -0.4 is 5.73 Å². The molecule has 0 aliphatic rings. The Kier molecular flexibility index (Phi) is 4.08. The third-order valence-electron chi connectivity index (χ3n) is 2.49. The number of pyridine rings is 1. The van der Waals surface area contributed by atoms with Gasteiger partial charge < -0.3 is 10.3 Å². The van der Waals surface area contributed by atoms with E-state index >= 15 is 0 Å². The second-order valence-corrected chi connectivity index (χ2v) is 6.98. The molecule has 0 radical (unpaired) electrons. The summed E-state index contributed by atoms with van der Waals surface area (Å²) in [6, 6.07) is 1.36. The van der Waals surface area contributed by atoms with Crippen molar-refractivity contribution >= 4 is 31.9 Å². The highest BCUT2D eigenvalue weighted by Gasteiger charge is 2.25. The van der Waals surface area contributed by atoms with Gasteiger partial charge in [0, 0.05) is 20.6 Å². The summed E-state index contributed by atoms with van der Waals surface area (Å²) < 4.78 is 6.92. The van der Waals surface area contributed by atoms with E-state index in [0.29, 0.717) is 17.4 Å². The highest BCUT2D eigenvalue weighted by molar-refractivity contribution is 9.11. The molecule has 2 aromatic rings. The van der Waals surface area contributed by atoms with E-state index in [2.05, 4.69) is 47.0 Å². The first-order valence-electron chi connectivity index (χ1n) is 5.69. The molecule has 7 heteroatoms. The number of nitrogens with two attached hydrogens (primary N) is 1. The second-order valence-electron chi connectivity index (χ2n) is 5.21. The molecule has 0 spiro atoms. The Morgan fingerprint density at radius 3 is 2.53 bits per heavy atom. The van der Waals surface area contributed by atoms with E-state index in [0.717, 1.165) is 8.95 Å². The normalized spacial score (nSPS) is 13.6. The van der Waals surface area contributed by atoms with Crippen LogP contribution >= 0.6 is 31.9 Å². The lowest BCUT2D eigenvalue weighted by Crippen LogP contribution is -2.17. The summed E-state index contributed by atoms with van der Waals surface area (Å²) in [6.07, 6.45) is 1.69. The minimum Gasteiger partial charge on any atom is -0.339 e. The summed E-state index contributed by atoms with van der Waals surface area (Å²) in [6.45, 7) is 6.01. The zero-order valence-corrected chi connectivity index (χ0v) is 14.0. The van der Waals surface area contributed by atoms with Crippen molar-refractivity contribution in [1.29, 1.82) is 0 Å². The predicted molar refractivity (Wildman–Crippen MR) is 78.7 cm³/mol. The molecular weight excluding hydrogens is 376 g/mol. The molecule has 0 fully saturated rings. The van der Waals surface area contributed by atoms with Gasteiger partial charge in [0.25, 0.3) is 0 Å². The Labute approximate surface area is 128 Å². The van der Waals surface area contributed by atoms with E-state index in [1.165, 1.54) is 0 Å². The van der Waals surface area contributed by atoms with E-state index in [4.69, 9.17) is 10.3 Å². The van der Waals surface area contributed by atoms with E-state index < -0.39 is 6.04 Å². The molecule has 19 heavy (non-hydrogen) atoms. The minimum absolute atomic E-state index is 0.199. The van der Waals surface area contributed by atoms with Crippen LogP contribution in [0.25, 0.3) is 0 Å². The van der Waals surface area contributed by atoms with Crippen LogP contribution in [0, 0.1) is 0 Å². The van der Waals surface area contributed by atoms with Gasteiger partial charge >= 0.3 is 0 Å². The van der Waals surface area contributed by atoms with E-state index in [-0.39, 0.29) is 5.41 Å². The second kappa shape index (κ2) is 5.30. The quantitative estimate of drug-likeness (QED) is 0.852. The van der Waals surface area contributed by atoms with Crippen LogP contribution in [0.2, 0.25) is 0 Å². The van der Waals surface area contributed by atoms with Gasteiger partial charge in [-0.3, -0.25) is 4.98 Å². The molecule has 0 saturated heterocycles. The monoisotopic (exact) mass is 388 g/mol. The molecule has 0 aromatic carbocycles. The molecule has 2 rings (SSSR count). The molecule has 0 amide bonds. The molecule has 2 aromatic heterocycles. The summed E-state index contributed by atoms with van der Waals surface area (Å²) in [5, 5.41) is 3.94. The van der Waals surface area contributed by atoms with Crippen molar-refractivity contribution in [3.05, 3.63) is 38.6 Å². The molecule has 2 heterocycles. The Morgan fingerprint density at radius 1 is 1.32 bits per heavy atom. The van der Waals surface area contributed by atoms with Crippen LogP contribution in [0.3, 0.4) is 0 Å². The third kappa shape index (κ3) is 3.21. The number of hydrogen-bond donors (Lipinski definition) is 1. The fourth-order valence-corrected chi connectivity index (χ4v) is 2.68. The summed E-state index contributed by atoms with van der Waals surface area (Å²) in [5.74, 6) is 0.992. The molecule has 5 nitrogen and oxygen atoms in total. The fourth-order valence-electron chi connectivity index (χ4n) is 1.44. The lowest BCUT2D eigenvalue weighted by atomic mass is 9.97. The van der Waals surface area contributed by atoms with Gasteiger partial charge in [0.05, 0.1) is 5.69 Å². The van der Waals surface area contributed by atoms with Crippen molar-refractivity contribution < 1.29 is 4.52 Å². The summed E-state index contributed by atoms with van der Waals surface area (Å²) >= 11 is 6.78. The summed E-state index contributed by atoms with van der Waals surface area (Å²) in [5.41, 5.74) is 6.60. The van der Waals surface area contributed by atoms with E-state index in [1.807, 2.05) is 26.8 Å². The molecular formula is C12H14Br2N4O. The van der Waals surface area contributed by atoms with Crippen molar-refractivity contribution in [3.8, 4) is 0 Å². The molecule has 1 unspecified atom stereocenters. The smallest absolute Gasteiger partial charge is 0.232 e. The van der Waals surface area contributed by atoms with Gasteiger partial charge in [0.1, 0.15) is 6.04 Å². The third-order valence-corrected chi connectivity index (χ3v) is 3.56. The number of rotatable bonds is 2. The van der Waals surface area contributed by atoms with Crippen LogP contribution in [-0.4, -0.2) is 15.1 Å². The van der Waals surface area contributed by atoms with Crippen molar-refractivity contribution in [1.82, 2.24) is 15.1 Å². The first kappa shape index (κ1) is 14.6. The molecule has 1 atom stereocenters. The molecule has 0 aliphatic heterocycles. The highest BCUT2D eigenvalue weighted by Crippen LogP contribution is 2.27. The number of nitrogens with zero attached hydrogens (tertiary/aromatic N) is 3. The molecule has 0 saturated carbocycles. The van der Waals surface area contributed by atoms with Gasteiger partial charge in [0.15, 0.2) is 5.82 Å². The summed E-state index contributed by atoms with van der Waals surface area (Å²) in [4.78, 5) is 8.63. The summed E-state index contributed by atoms with van der Waals surface area (Å²) in [7, 11) is 0. The molecule has 102 valence electrons. The van der Waals surface area contributed by atoms with Crippen LogP contribution in [0.4, 0.5) is 0 Å². The van der Waals surface area contributed by atoms with E-state index in [1.54, 1.807) is 6.20 Å². The Hall–Kier alpha value is -0.790. The van der Waals surface area contributed by atoms with Crippen molar-refractivity contribution in [2.45, 2.75) is 32.2 Å². The van der Waals surface area contributed by atoms with Crippen molar-refractivity contribution in [3.63, 3.8) is 0 Å². The number of aromatic nitrogens is 3. The van der Waals surface area contributed by atoms with Crippen LogP contribution in [0.15, 0.2) is 25.7 Å². The van der Waals surface area contributed by atoms with Crippen molar-refractivity contribution in [2.24, 2.45) is 5.73 Å². The topological polar surface area (TPSA) is 77.8 Å². The average Bonchev–Trinajstić information content (AvgIpc) is 2.76. The van der Waals surface area contributed by atoms with Crippen LogP contribution in [-0.2, 0) is 5.41 Å². The Morgan fingerprint density at radius 2 is 2.00 bits per heavy atom. The molecule has 0 aliphatic carbocycles. The van der Waals surface area contributed by atoms with E-state index in [9.17, 15) is 0 Å². The maximum atomic E-state index is 6.13. The van der Waals surface area contributed by atoms with Crippen LogP contribution in [0.5, 0.6) is 0 Å². The van der Waals surface area contributed by atoms with Crippen molar-refractivity contribution in [2.75, 3.05) is 0 Å². The lowest BCUT2D eigenvalue weighted by molar-refractivity contribution is 0.317. The Balaban J connectivity index is 2.34. The first-order valence-corrected chi connectivity index (χ1v) is 7.28. The Bertz CT molecular complexity index is 592. The van der Waals surface area contributed by atoms with Gasteiger partial charge in [-0.05, 0) is 37.9 Å². The highest BCUT2D eigenvalue weighted by atomic mass is 79.9. The van der Waals surface area contributed by atoms with Gasteiger partial charge in [-0.2, -0.15) is 4.98 Å². The standard InChI is InChI=1S/C12H14Br2N4O/c1-12(2,3)11-17-10(18-19-11)8(15)9-7(14)4-6(13)5-16-9/h4-5,8H,15H2,1-3H3. The molecule has 0 bridgehead atoms. The zero-order chi connectivity index (χ0) is 14.2. The van der Waals surface area contributed by atoms with Gasteiger partial charge in [-0.25, -0.2) is 0 Å². The maximum absolute atomic E-state index is 6.13. The number of hydrogen-bond acceptors (Lipinski definition) is 5.